The lowest BCUT2D eigenvalue weighted by molar-refractivity contribution is 0.101. The summed E-state index contributed by atoms with van der Waals surface area (Å²) in [6, 6.07) is 0. The van der Waals surface area contributed by atoms with Gasteiger partial charge in [0.25, 0.3) is 0 Å². The first kappa shape index (κ1) is 12.3. The van der Waals surface area contributed by atoms with Gasteiger partial charge in [-0.1, -0.05) is 13.3 Å². The van der Waals surface area contributed by atoms with Crippen LogP contribution in [0.15, 0.2) is 0 Å². The predicted octanol–water partition coefficient (Wildman–Crippen LogP) is 1.88. The van der Waals surface area contributed by atoms with E-state index in [1.807, 2.05) is 11.8 Å². The number of aliphatic hydroxyl groups excluding tert-OH is 1. The molecule has 1 aliphatic rings. The van der Waals surface area contributed by atoms with Crippen LogP contribution in [0.1, 0.15) is 32.6 Å². The van der Waals surface area contributed by atoms with Crippen LogP contribution >= 0.6 is 11.8 Å². The largest absolute Gasteiger partial charge is 0.393 e. The minimum absolute atomic E-state index is 0.0273. The predicted molar refractivity (Wildman–Crippen MR) is 63.8 cm³/mol. The zero-order valence-corrected chi connectivity index (χ0v) is 9.98. The van der Waals surface area contributed by atoms with Crippen molar-refractivity contribution >= 4 is 11.8 Å². The van der Waals surface area contributed by atoms with E-state index in [9.17, 15) is 5.11 Å². The lowest BCUT2D eigenvalue weighted by atomic mass is 9.87. The van der Waals surface area contributed by atoms with Crippen LogP contribution in [-0.2, 0) is 0 Å². The minimum Gasteiger partial charge on any atom is -0.393 e. The van der Waals surface area contributed by atoms with Gasteiger partial charge in [0.05, 0.1) is 6.10 Å². The smallest absolute Gasteiger partial charge is 0.0543 e. The Morgan fingerprint density at radius 2 is 2.29 bits per heavy atom. The summed E-state index contributed by atoms with van der Waals surface area (Å²) in [4.78, 5) is 0. The van der Waals surface area contributed by atoms with Gasteiger partial charge in [-0.3, -0.25) is 0 Å². The quantitative estimate of drug-likeness (QED) is 0.666. The van der Waals surface area contributed by atoms with Gasteiger partial charge >= 0.3 is 0 Å². The van der Waals surface area contributed by atoms with Gasteiger partial charge < -0.3 is 10.4 Å². The standard InChI is InChI=1S/C11H23NOS/c1-2-14-7-6-12-9-10-4-3-5-11(13)8-10/h10-13H,2-9H2,1H3. The Balaban J connectivity index is 1.95. The third-order valence-corrected chi connectivity index (χ3v) is 3.72. The van der Waals surface area contributed by atoms with Crippen LogP contribution in [0.3, 0.4) is 0 Å². The molecule has 2 atom stereocenters. The molecule has 84 valence electrons. The van der Waals surface area contributed by atoms with E-state index in [-0.39, 0.29) is 6.10 Å². The third-order valence-electron chi connectivity index (χ3n) is 2.82. The number of thioether (sulfide) groups is 1. The minimum atomic E-state index is -0.0273. The van der Waals surface area contributed by atoms with Crippen LogP contribution in [0.2, 0.25) is 0 Å². The van der Waals surface area contributed by atoms with Gasteiger partial charge in [-0.25, -0.2) is 0 Å². The molecule has 0 radical (unpaired) electrons. The van der Waals surface area contributed by atoms with Crippen LogP contribution in [0.4, 0.5) is 0 Å². The second-order valence-corrected chi connectivity index (χ2v) is 5.48. The van der Waals surface area contributed by atoms with Crippen molar-refractivity contribution < 1.29 is 5.11 Å². The molecule has 0 aromatic carbocycles. The number of hydrogen-bond acceptors (Lipinski definition) is 3. The molecule has 0 amide bonds. The molecule has 2 N–H and O–H groups in total. The SMILES string of the molecule is CCSCCNCC1CCCC(O)C1. The Bertz CT molecular complexity index is 143. The lowest BCUT2D eigenvalue weighted by Gasteiger charge is -2.25. The van der Waals surface area contributed by atoms with Crippen LogP contribution in [0, 0.1) is 5.92 Å². The number of rotatable bonds is 6. The number of aliphatic hydroxyl groups is 1. The number of hydrogen-bond donors (Lipinski definition) is 2. The molecule has 2 unspecified atom stereocenters. The molecule has 3 heteroatoms. The Morgan fingerprint density at radius 1 is 1.43 bits per heavy atom. The summed E-state index contributed by atoms with van der Waals surface area (Å²) in [7, 11) is 0. The molecule has 0 aromatic heterocycles. The van der Waals surface area contributed by atoms with Crippen LogP contribution in [-0.4, -0.2) is 35.8 Å². The molecule has 1 saturated carbocycles. The van der Waals surface area contributed by atoms with Gasteiger partial charge in [0.15, 0.2) is 0 Å². The topological polar surface area (TPSA) is 32.3 Å². The van der Waals surface area contributed by atoms with Gasteiger partial charge in [-0.15, -0.1) is 0 Å². The maximum absolute atomic E-state index is 9.49. The van der Waals surface area contributed by atoms with Gasteiger partial charge in [0, 0.05) is 12.3 Å². The molecule has 14 heavy (non-hydrogen) atoms. The number of nitrogens with one attached hydrogen (secondary N) is 1. The van der Waals surface area contributed by atoms with Crippen LogP contribution in [0.5, 0.6) is 0 Å². The van der Waals surface area contributed by atoms with Crippen LogP contribution in [0.25, 0.3) is 0 Å². The first-order valence-electron chi connectivity index (χ1n) is 5.79. The molecule has 2 nitrogen and oxygen atoms in total. The van der Waals surface area contributed by atoms with Crippen molar-refractivity contribution in [1.82, 2.24) is 5.32 Å². The second kappa shape index (κ2) is 7.55. The van der Waals surface area contributed by atoms with E-state index in [1.165, 1.54) is 24.3 Å². The van der Waals surface area contributed by atoms with E-state index in [4.69, 9.17) is 0 Å². The molecular weight excluding hydrogens is 194 g/mol. The fourth-order valence-electron chi connectivity index (χ4n) is 2.04. The summed E-state index contributed by atoms with van der Waals surface area (Å²) in [6.07, 6.45) is 4.50. The molecule has 1 aliphatic carbocycles. The molecule has 1 rings (SSSR count). The van der Waals surface area contributed by atoms with E-state index < -0.39 is 0 Å². The van der Waals surface area contributed by atoms with E-state index in [1.54, 1.807) is 0 Å². The highest BCUT2D eigenvalue weighted by atomic mass is 32.2. The monoisotopic (exact) mass is 217 g/mol. The lowest BCUT2D eigenvalue weighted by Crippen LogP contribution is -2.30. The molecule has 0 aromatic rings. The maximum Gasteiger partial charge on any atom is 0.0543 e. The third kappa shape index (κ3) is 5.23. The van der Waals surface area contributed by atoms with Crippen molar-refractivity contribution in [2.75, 3.05) is 24.6 Å². The molecule has 0 bridgehead atoms. The zero-order valence-electron chi connectivity index (χ0n) is 9.17. The molecular formula is C11H23NOS. The summed E-state index contributed by atoms with van der Waals surface area (Å²) in [5.74, 6) is 3.14. The molecule has 0 saturated heterocycles. The van der Waals surface area contributed by atoms with Gasteiger partial charge in [-0.05, 0) is 37.5 Å². The van der Waals surface area contributed by atoms with Crippen molar-refractivity contribution in [3.63, 3.8) is 0 Å². The Morgan fingerprint density at radius 3 is 3.00 bits per heavy atom. The first-order chi connectivity index (χ1) is 6.83. The molecule has 0 heterocycles. The van der Waals surface area contributed by atoms with Gasteiger partial charge in [0.2, 0.25) is 0 Å². The Labute approximate surface area is 91.9 Å². The molecule has 1 fully saturated rings. The normalized spacial score (nSPS) is 27.9. The Hall–Kier alpha value is 0.270. The fourth-order valence-corrected chi connectivity index (χ4v) is 2.62. The van der Waals surface area contributed by atoms with E-state index in [0.29, 0.717) is 5.92 Å². The van der Waals surface area contributed by atoms with Crippen molar-refractivity contribution in [1.29, 1.82) is 0 Å². The maximum atomic E-state index is 9.49. The average Bonchev–Trinajstić information content (AvgIpc) is 2.18. The highest BCUT2D eigenvalue weighted by molar-refractivity contribution is 7.99. The first-order valence-corrected chi connectivity index (χ1v) is 6.95. The average molecular weight is 217 g/mol. The van der Waals surface area contributed by atoms with Crippen molar-refractivity contribution in [3.8, 4) is 0 Å². The summed E-state index contributed by atoms with van der Waals surface area (Å²) in [5, 5.41) is 13.0. The van der Waals surface area contributed by atoms with Crippen LogP contribution < -0.4 is 5.32 Å². The highest BCUT2D eigenvalue weighted by Gasteiger charge is 2.19. The van der Waals surface area contributed by atoms with Gasteiger partial charge in [0.1, 0.15) is 0 Å². The van der Waals surface area contributed by atoms with E-state index in [0.717, 1.165) is 25.9 Å². The van der Waals surface area contributed by atoms with Crippen molar-refractivity contribution in [3.05, 3.63) is 0 Å². The zero-order chi connectivity index (χ0) is 10.2. The summed E-state index contributed by atoms with van der Waals surface area (Å²) in [6.45, 7) is 4.41. The van der Waals surface area contributed by atoms with Crippen molar-refractivity contribution in [2.45, 2.75) is 38.7 Å². The summed E-state index contributed by atoms with van der Waals surface area (Å²) < 4.78 is 0. The summed E-state index contributed by atoms with van der Waals surface area (Å²) in [5.41, 5.74) is 0. The summed E-state index contributed by atoms with van der Waals surface area (Å²) >= 11 is 1.98. The second-order valence-electron chi connectivity index (χ2n) is 4.09. The molecule has 0 spiro atoms. The van der Waals surface area contributed by atoms with E-state index in [2.05, 4.69) is 12.2 Å². The fraction of sp³-hybridized carbons (Fsp3) is 1.00. The Kier molecular flexibility index (Phi) is 6.65. The van der Waals surface area contributed by atoms with Crippen molar-refractivity contribution in [2.24, 2.45) is 5.92 Å². The highest BCUT2D eigenvalue weighted by Crippen LogP contribution is 2.23. The molecule has 0 aliphatic heterocycles. The van der Waals surface area contributed by atoms with E-state index >= 15 is 0 Å². The van der Waals surface area contributed by atoms with Gasteiger partial charge in [-0.2, -0.15) is 11.8 Å².